The van der Waals surface area contributed by atoms with E-state index in [-0.39, 0.29) is 130 Å². The summed E-state index contributed by atoms with van der Waals surface area (Å²) in [6.07, 6.45) is -13.5. The zero-order valence-electron chi connectivity index (χ0n) is 76.4. The zero-order valence-corrected chi connectivity index (χ0v) is 89.0. The molecule has 7 fully saturated rings. The van der Waals surface area contributed by atoms with Crippen molar-refractivity contribution in [3.63, 3.8) is 0 Å². The van der Waals surface area contributed by atoms with Crippen LogP contribution in [-0.2, 0) is 128 Å². The summed E-state index contributed by atoms with van der Waals surface area (Å²) in [6, 6.07) is 0. The highest BCUT2D eigenvalue weighted by atomic mass is 32.7. The number of hydrogen-bond donors (Lipinski definition) is 14. The summed E-state index contributed by atoms with van der Waals surface area (Å²) in [5, 5.41) is 0. The highest BCUT2D eigenvalue weighted by Gasteiger charge is 2.53. The maximum Gasteiger partial charge on any atom is 0.386 e. The molecule has 7 aliphatic heterocycles. The largest absolute Gasteiger partial charge is 0.386 e. The quantitative estimate of drug-likeness (QED) is 0.0129. The average molecular weight is 2310 g/mol. The number of thiol groups is 7. The first kappa shape index (κ1) is 108. The summed E-state index contributed by atoms with van der Waals surface area (Å²) in [4.78, 5) is 124. The summed E-state index contributed by atoms with van der Waals surface area (Å²) in [6.45, 7) is -30.6. The number of fused-ring (bicyclic) bond motifs is 4. The number of aryl methyl sites for hydroxylation is 3. The van der Waals surface area contributed by atoms with Gasteiger partial charge >= 0.3 is 64.7 Å². The average Bonchev–Trinajstić information content (AvgIpc) is 1.64. The predicted molar refractivity (Wildman–Crippen MR) is 532 cm³/mol. The molecule has 0 radical (unpaired) electrons. The fourth-order valence-corrected chi connectivity index (χ4v) is 27.4. The number of aromatic nitrogens is 22. The number of nitrogens with one attached hydrogen (secondary N) is 2. The van der Waals surface area contributed by atoms with E-state index < -0.39 is 244 Å². The van der Waals surface area contributed by atoms with Gasteiger partial charge in [-0.15, -0.1) is 0 Å². The minimum Gasteiger partial charge on any atom is -0.383 e. The number of aromatic amines is 2. The molecular weight excluding hydrogens is 2210 g/mol. The van der Waals surface area contributed by atoms with Crippen molar-refractivity contribution < 1.29 is 128 Å². The molecule has 7 unspecified atom stereocenters. The molecule has 18 rings (SSSR count). The number of nitrogens with zero attached hydrogens (tertiary/aromatic N) is 20. The number of nitrogen functional groups attached to an aromatic ring is 5. The maximum absolute atomic E-state index is 15.1. The van der Waals surface area contributed by atoms with Crippen LogP contribution in [0.15, 0.2) is 93.2 Å². The molecule has 146 heavy (non-hydrogen) atoms. The van der Waals surface area contributed by atoms with E-state index in [2.05, 4.69) is 161 Å². The summed E-state index contributed by atoms with van der Waals surface area (Å²) in [5.41, 5.74) is 29.1. The lowest BCUT2D eigenvalue weighted by atomic mass is 10.1. The van der Waals surface area contributed by atoms with Crippen LogP contribution in [0.1, 0.15) is 119 Å². The minimum absolute atomic E-state index is 0.00308. The Morgan fingerprint density at radius 2 is 0.548 bits per heavy atom. The maximum atomic E-state index is 15.1. The Morgan fingerprint density at radius 3 is 0.801 bits per heavy atom. The molecule has 0 amide bonds. The molecule has 12 N–H and O–H groups in total. The topological polar surface area (TPSA) is 762 Å². The Balaban J connectivity index is 0.561. The number of nitrogens with two attached hydrogens (primary N) is 5. The van der Waals surface area contributed by atoms with Crippen LogP contribution in [0.2, 0.25) is 0 Å². The van der Waals surface area contributed by atoms with Gasteiger partial charge in [0.15, 0.2) is 45.9 Å². The lowest BCUT2D eigenvalue weighted by Crippen LogP contribution is -2.33. The Hall–Kier alpha value is -7.34. The molecule has 0 aliphatic carbocycles. The second-order valence-electron chi connectivity index (χ2n) is 34.0. The fourth-order valence-electron chi connectivity index (χ4n) is 17.3. The van der Waals surface area contributed by atoms with Gasteiger partial charge in [0.1, 0.15) is 170 Å². The molecule has 28 atom stereocenters. The van der Waals surface area contributed by atoms with E-state index in [1.807, 2.05) is 0 Å². The smallest absolute Gasteiger partial charge is 0.383 e. The normalized spacial score (nSPS) is 29.5. The first-order chi connectivity index (χ1) is 69.1. The molecule has 11 aromatic rings. The van der Waals surface area contributed by atoms with Crippen molar-refractivity contribution in [2.24, 2.45) is 0 Å². The van der Waals surface area contributed by atoms with Gasteiger partial charge in [0, 0.05) is 87.3 Å². The van der Waals surface area contributed by atoms with Crippen molar-refractivity contribution in [3.05, 3.63) is 138 Å². The van der Waals surface area contributed by atoms with Gasteiger partial charge in [-0.3, -0.25) is 110 Å². The predicted octanol–water partition coefficient (Wildman–Crippen LogP) is 7.67. The number of H-pyrrole nitrogens is 2. The molecule has 0 bridgehead atoms. The molecule has 0 saturated carbocycles. The molecule has 18 heterocycles. The Kier molecular flexibility index (Phi) is 32.4. The monoisotopic (exact) mass is 2310 g/mol. The highest BCUT2D eigenvalue weighted by molar-refractivity contribution is 8.46. The van der Waals surface area contributed by atoms with E-state index in [1.54, 1.807) is 13.8 Å². The number of rotatable bonds is 41. The van der Waals surface area contributed by atoms with Crippen molar-refractivity contribution in [1.82, 2.24) is 107 Å². The van der Waals surface area contributed by atoms with Crippen LogP contribution in [-0.4, -0.2) is 239 Å². The SMILES string of the molecule is CC[C@H]1O[C@@H](n2cc(C)c(=O)[nH]c2=O)C[C@H]1OP(=O)(S)OC[C@H]1O[C@@H](n2cnc3c(N)ncnc32)C[C@H]1OP(=O)(S)OC[C@H]1O[C@@H](n2cnc3c(N)ncnc32)C[C@H]1OP(=O)(S)OC[C@H]1O[C@@H](n2cc(C)c(N)nc2=O)C[C@H]1OP(=O)(S)OC[C@H]1O[C@@H](n2cnc3c(N)ncnc32)C[C@H]1OP(=O)(S)OC[C@H]1O[C@@H](n2cnc3c(N)ncnc32)C[C@H]1OP(=O)(S)OC[C@H]1O[C@@H](n2cc(C)c(=O)[nH]c2=O)C[C@H]1OP(=O)(S)OC. The number of hydrogen-bond acceptors (Lipinski definition) is 51. The fraction of sp³-hybridized carbons (Fsp3) is 0.556. The van der Waals surface area contributed by atoms with Gasteiger partial charge in [0.05, 0.1) is 77.2 Å². The van der Waals surface area contributed by atoms with E-state index in [4.69, 9.17) is 125 Å². The number of anilines is 5. The minimum atomic E-state index is -4.86. The highest BCUT2D eigenvalue weighted by Crippen LogP contribution is 2.65. The van der Waals surface area contributed by atoms with Crippen LogP contribution >= 0.6 is 133 Å². The van der Waals surface area contributed by atoms with Gasteiger partial charge < -0.3 is 66.4 Å². The lowest BCUT2D eigenvalue weighted by molar-refractivity contribution is -0.0528. The lowest BCUT2D eigenvalue weighted by Gasteiger charge is -2.27. The Bertz CT molecular complexity index is 7470. The molecule has 7 aliphatic rings. The van der Waals surface area contributed by atoms with Gasteiger partial charge in [0.25, 0.3) is 11.1 Å². The van der Waals surface area contributed by atoms with Crippen molar-refractivity contribution in [1.29, 1.82) is 0 Å². The van der Waals surface area contributed by atoms with Crippen molar-refractivity contribution >= 4 is 207 Å². The standard InChI is InChI=1S/C72H94N27O33P7S7/c1-6-34-35(7-48(119-34)94-15-32(3)68(100)91-71(94)103)127-134(106,141)113-19-44-38(10-51(122-44)96-27-86-55-60(74)78-23-82-64(55)96)131-138(110,145)117-22-47-40(12-53(125-47)98-29-88-57-62(76)80-25-84-66(57)98)130-137(109,144)115-18-43-37(9-49(121-43)93-14-31(2)59(73)90-70(93)102)128-135(107,142)116-20-45-41(13-54(123-45)99-30-89-58-63(77)81-26-85-67(58)99)132-139(111,146)118-21-46-39(11-52(124-46)97-28-87-56-61(75)79-24-83-65(56)97)129-136(108,143)114-17-42-36(126-133(105,140)112-5)8-50(120-42)95-16-33(4)69(101)92-72(95)104/h14-16,23-30,34-54H,6-13,17-22H2,1-5H3,(H,105,140)(H,106,141)(H,107,142)(H,108,143)(H,109,144)(H,110,145)(H,111,146)(H2,73,90,102)(H2,74,78,82)(H2,75,79,83)(H2,76,80,84)(H2,77,81,85)(H,91,100,103)(H,92,101,104)/t34-,35-,36-,37-,38-,39-,40-,41-,42-,43-,44-,45-,46-,47-,48-,49-,50-,51-,52-,53-,54-,133?,134?,135?,136?,137?,138?,139?/m1/s1. The van der Waals surface area contributed by atoms with E-state index in [1.165, 1.54) is 106 Å². The van der Waals surface area contributed by atoms with Crippen molar-refractivity contribution in [2.75, 3.05) is 75.4 Å². The van der Waals surface area contributed by atoms with Gasteiger partial charge in [-0.25, -0.2) is 106 Å². The number of imidazole rings is 4. The van der Waals surface area contributed by atoms with Gasteiger partial charge in [-0.05, 0) is 27.2 Å². The second-order valence-corrected chi connectivity index (χ2v) is 54.2. The Morgan fingerprint density at radius 1 is 0.322 bits per heavy atom. The van der Waals surface area contributed by atoms with E-state index >= 15 is 13.7 Å². The van der Waals surface area contributed by atoms with Crippen LogP contribution in [0.25, 0.3) is 44.7 Å². The molecule has 74 heteroatoms. The zero-order chi connectivity index (χ0) is 104. The van der Waals surface area contributed by atoms with E-state index in [9.17, 15) is 42.2 Å². The molecule has 60 nitrogen and oxygen atoms in total. The number of ether oxygens (including phenoxy) is 7. The van der Waals surface area contributed by atoms with Crippen LogP contribution in [0.5, 0.6) is 0 Å². The van der Waals surface area contributed by atoms with Crippen LogP contribution in [0.3, 0.4) is 0 Å². The van der Waals surface area contributed by atoms with Crippen molar-refractivity contribution in [2.45, 2.75) is 208 Å². The first-order valence-electron chi connectivity index (χ1n) is 43.9. The first-order valence-corrected chi connectivity index (χ1v) is 62.8. The molecular formula is C72H94N27O33P7S7. The summed E-state index contributed by atoms with van der Waals surface area (Å²) >= 11 is 30.3. The molecule has 0 aromatic carbocycles. The van der Waals surface area contributed by atoms with Gasteiger partial charge in [-0.2, -0.15) is 4.98 Å². The van der Waals surface area contributed by atoms with E-state index in [0.717, 1.165) is 16.2 Å². The molecule has 0 spiro atoms. The van der Waals surface area contributed by atoms with Crippen LogP contribution in [0.4, 0.5) is 29.1 Å². The van der Waals surface area contributed by atoms with Gasteiger partial charge in [-0.1, -0.05) is 92.7 Å². The second kappa shape index (κ2) is 43.7. The Labute approximate surface area is 858 Å². The third-order valence-electron chi connectivity index (χ3n) is 24.4. The molecule has 792 valence electrons. The third kappa shape index (κ3) is 24.5. The van der Waals surface area contributed by atoms with Gasteiger partial charge in [0.2, 0.25) is 0 Å². The van der Waals surface area contributed by atoms with Crippen LogP contribution < -0.4 is 56.9 Å². The molecule has 7 saturated heterocycles. The summed E-state index contributed by atoms with van der Waals surface area (Å²) < 4.78 is 240. The summed E-state index contributed by atoms with van der Waals surface area (Å²) in [7, 11) is 1.07. The van der Waals surface area contributed by atoms with E-state index in [0.29, 0.717) is 12.0 Å². The van der Waals surface area contributed by atoms with Crippen molar-refractivity contribution in [3.8, 4) is 0 Å². The third-order valence-corrected chi connectivity index (χ3v) is 36.0. The molecule has 11 aromatic heterocycles. The van der Waals surface area contributed by atoms with Crippen LogP contribution in [0, 0.1) is 20.8 Å². The summed E-state index contributed by atoms with van der Waals surface area (Å²) in [5.74, 6) is -0.0966.